The first-order valence-electron chi connectivity index (χ1n) is 8.45. The summed E-state index contributed by atoms with van der Waals surface area (Å²) >= 11 is 8.24. The third-order valence-electron chi connectivity index (χ3n) is 4.68. The Bertz CT molecular complexity index is 907. The number of carbonyl (C=O) groups is 1. The lowest BCUT2D eigenvalue weighted by atomic mass is 10.1. The molecule has 3 nitrogen and oxygen atoms in total. The van der Waals surface area contributed by atoms with Gasteiger partial charge >= 0.3 is 0 Å². The first-order valence-corrected chi connectivity index (χ1v) is 9.87. The van der Waals surface area contributed by atoms with E-state index in [1.165, 1.54) is 5.56 Å². The Balaban J connectivity index is 1.50. The molecule has 1 amide bonds. The number of nitrogens with one attached hydrogen (secondary N) is 1. The predicted octanol–water partition coefficient (Wildman–Crippen LogP) is 5.14. The summed E-state index contributed by atoms with van der Waals surface area (Å²) < 4.78 is 0. The molecule has 1 aliphatic rings. The van der Waals surface area contributed by atoms with Gasteiger partial charge in [0.05, 0.1) is 0 Å². The van der Waals surface area contributed by atoms with Crippen molar-refractivity contribution in [2.24, 2.45) is 0 Å². The van der Waals surface area contributed by atoms with E-state index in [1.807, 2.05) is 65.3 Å². The molecule has 1 N–H and O–H groups in total. The summed E-state index contributed by atoms with van der Waals surface area (Å²) in [6.45, 7) is 1.53. The number of hydrogen-bond donors (Lipinski definition) is 1. The largest absolute Gasteiger partial charge is 0.361 e. The van der Waals surface area contributed by atoms with Crippen LogP contribution in [0.25, 0.3) is 10.9 Å². The number of benzene rings is 2. The Kier molecular flexibility index (Phi) is 4.73. The van der Waals surface area contributed by atoms with Crippen molar-refractivity contribution >= 4 is 40.2 Å². The van der Waals surface area contributed by atoms with Gasteiger partial charge in [0.15, 0.2) is 0 Å². The van der Waals surface area contributed by atoms with E-state index in [2.05, 4.69) is 11.1 Å². The van der Waals surface area contributed by atoms with Crippen LogP contribution in [-0.2, 0) is 0 Å². The molecule has 0 spiro atoms. The number of carbonyl (C=O) groups excluding carboxylic acids is 1. The number of aromatic amines is 1. The fourth-order valence-electron chi connectivity index (χ4n) is 3.32. The van der Waals surface area contributed by atoms with Crippen molar-refractivity contribution in [2.75, 3.05) is 18.8 Å². The molecular weight excluding hydrogens is 352 g/mol. The second kappa shape index (κ2) is 7.14. The predicted molar refractivity (Wildman–Crippen MR) is 105 cm³/mol. The summed E-state index contributed by atoms with van der Waals surface area (Å²) in [4.78, 5) is 18.0. The molecule has 0 bridgehead atoms. The van der Waals surface area contributed by atoms with Gasteiger partial charge < -0.3 is 9.88 Å². The average Bonchev–Trinajstić information content (AvgIpc) is 2.97. The van der Waals surface area contributed by atoms with Crippen LogP contribution in [0, 0.1) is 0 Å². The standard InChI is InChI=1S/C20H19ClN2OS/c21-17-4-2-1-3-16(17)19-8-10-23(11-12-25-19)20(24)15-6-5-14-7-9-22-18(14)13-15/h1-7,9,13,19,22H,8,10-12H2. The number of aromatic nitrogens is 1. The number of hydrogen-bond acceptors (Lipinski definition) is 2. The molecule has 25 heavy (non-hydrogen) atoms. The Morgan fingerprint density at radius 1 is 1.16 bits per heavy atom. The maximum Gasteiger partial charge on any atom is 0.253 e. The minimum Gasteiger partial charge on any atom is -0.361 e. The number of halogens is 1. The zero-order chi connectivity index (χ0) is 17.2. The number of fused-ring (bicyclic) bond motifs is 1. The topological polar surface area (TPSA) is 36.1 Å². The number of amides is 1. The summed E-state index contributed by atoms with van der Waals surface area (Å²) in [6, 6.07) is 15.9. The van der Waals surface area contributed by atoms with Crippen molar-refractivity contribution < 1.29 is 4.79 Å². The van der Waals surface area contributed by atoms with Crippen LogP contribution in [0.1, 0.15) is 27.6 Å². The van der Waals surface area contributed by atoms with Crippen LogP contribution in [-0.4, -0.2) is 34.6 Å². The molecule has 0 radical (unpaired) electrons. The van der Waals surface area contributed by atoms with Crippen molar-refractivity contribution in [3.05, 3.63) is 70.9 Å². The fourth-order valence-corrected chi connectivity index (χ4v) is 4.92. The smallest absolute Gasteiger partial charge is 0.253 e. The maximum absolute atomic E-state index is 12.9. The van der Waals surface area contributed by atoms with E-state index in [0.717, 1.165) is 46.8 Å². The molecule has 2 aromatic carbocycles. The molecule has 1 aliphatic heterocycles. The molecule has 3 aromatic rings. The van der Waals surface area contributed by atoms with E-state index in [-0.39, 0.29) is 5.91 Å². The highest BCUT2D eigenvalue weighted by molar-refractivity contribution is 7.99. The number of H-pyrrole nitrogens is 1. The van der Waals surface area contributed by atoms with Crippen LogP contribution in [0.3, 0.4) is 0 Å². The van der Waals surface area contributed by atoms with Gasteiger partial charge in [-0.15, -0.1) is 0 Å². The molecule has 4 rings (SSSR count). The van der Waals surface area contributed by atoms with E-state index in [4.69, 9.17) is 11.6 Å². The van der Waals surface area contributed by atoms with Crippen LogP contribution in [0.5, 0.6) is 0 Å². The van der Waals surface area contributed by atoms with Gasteiger partial charge in [-0.1, -0.05) is 35.9 Å². The number of thioether (sulfide) groups is 1. The third kappa shape index (κ3) is 3.42. The van der Waals surface area contributed by atoms with E-state index in [1.54, 1.807) is 0 Å². The van der Waals surface area contributed by atoms with Gasteiger partial charge in [-0.2, -0.15) is 11.8 Å². The maximum atomic E-state index is 12.9. The first kappa shape index (κ1) is 16.6. The van der Waals surface area contributed by atoms with Crippen LogP contribution in [0.2, 0.25) is 5.02 Å². The highest BCUT2D eigenvalue weighted by Crippen LogP contribution is 2.38. The monoisotopic (exact) mass is 370 g/mol. The zero-order valence-corrected chi connectivity index (χ0v) is 15.3. The summed E-state index contributed by atoms with van der Waals surface area (Å²) in [5.74, 6) is 1.03. The lowest BCUT2D eigenvalue weighted by Gasteiger charge is -2.20. The summed E-state index contributed by atoms with van der Waals surface area (Å²) in [7, 11) is 0. The van der Waals surface area contributed by atoms with Crippen molar-refractivity contribution in [1.29, 1.82) is 0 Å². The second-order valence-corrected chi connectivity index (χ2v) is 7.96. The van der Waals surface area contributed by atoms with Crippen LogP contribution < -0.4 is 0 Å². The fraction of sp³-hybridized carbons (Fsp3) is 0.250. The minimum absolute atomic E-state index is 0.108. The van der Waals surface area contributed by atoms with Gasteiger partial charge in [0.2, 0.25) is 0 Å². The number of nitrogens with zero attached hydrogens (tertiary/aromatic N) is 1. The average molecular weight is 371 g/mol. The van der Waals surface area contributed by atoms with E-state index in [0.29, 0.717) is 5.25 Å². The minimum atomic E-state index is 0.108. The van der Waals surface area contributed by atoms with Gasteiger partial charge in [-0.25, -0.2) is 0 Å². The molecular formula is C20H19ClN2OS. The zero-order valence-electron chi connectivity index (χ0n) is 13.7. The van der Waals surface area contributed by atoms with Crippen LogP contribution in [0.4, 0.5) is 0 Å². The van der Waals surface area contributed by atoms with Crippen molar-refractivity contribution in [2.45, 2.75) is 11.7 Å². The van der Waals surface area contributed by atoms with Crippen LogP contribution >= 0.6 is 23.4 Å². The third-order valence-corrected chi connectivity index (χ3v) is 6.34. The molecule has 1 saturated heterocycles. The van der Waals surface area contributed by atoms with Crippen molar-refractivity contribution in [3.8, 4) is 0 Å². The Labute approximate surface area is 156 Å². The second-order valence-electron chi connectivity index (χ2n) is 6.24. The molecule has 5 heteroatoms. The van der Waals surface area contributed by atoms with Gasteiger partial charge in [-0.05, 0) is 41.6 Å². The van der Waals surface area contributed by atoms with Crippen molar-refractivity contribution in [1.82, 2.24) is 9.88 Å². The molecule has 128 valence electrons. The summed E-state index contributed by atoms with van der Waals surface area (Å²) in [6.07, 6.45) is 2.82. The highest BCUT2D eigenvalue weighted by Gasteiger charge is 2.24. The lowest BCUT2D eigenvalue weighted by Crippen LogP contribution is -2.32. The normalized spacial score (nSPS) is 18.3. The molecule has 2 heterocycles. The Morgan fingerprint density at radius 3 is 2.92 bits per heavy atom. The quantitative estimate of drug-likeness (QED) is 0.677. The summed E-state index contributed by atoms with van der Waals surface area (Å²) in [5.41, 5.74) is 2.93. The first-order chi connectivity index (χ1) is 12.2. The molecule has 1 atom stereocenters. The van der Waals surface area contributed by atoms with E-state index in [9.17, 15) is 4.79 Å². The molecule has 1 unspecified atom stereocenters. The van der Waals surface area contributed by atoms with E-state index >= 15 is 0 Å². The number of rotatable bonds is 2. The molecule has 0 saturated carbocycles. The van der Waals surface area contributed by atoms with Gasteiger partial charge in [0.25, 0.3) is 5.91 Å². The van der Waals surface area contributed by atoms with Gasteiger partial charge in [0, 0.05) is 46.4 Å². The molecule has 1 fully saturated rings. The Hall–Kier alpha value is -1.91. The van der Waals surface area contributed by atoms with Gasteiger partial charge in [-0.3, -0.25) is 4.79 Å². The van der Waals surface area contributed by atoms with E-state index < -0.39 is 0 Å². The Morgan fingerprint density at radius 2 is 2.04 bits per heavy atom. The van der Waals surface area contributed by atoms with Crippen molar-refractivity contribution in [3.63, 3.8) is 0 Å². The highest BCUT2D eigenvalue weighted by atomic mass is 35.5. The SMILES string of the molecule is O=C(c1ccc2cc[nH]c2c1)N1CCSC(c2ccccc2Cl)CC1. The molecule has 0 aliphatic carbocycles. The van der Waals surface area contributed by atoms with Crippen LogP contribution in [0.15, 0.2) is 54.7 Å². The summed E-state index contributed by atoms with van der Waals surface area (Å²) in [5, 5.41) is 2.29. The molecule has 1 aromatic heterocycles. The van der Waals surface area contributed by atoms with Gasteiger partial charge in [0.1, 0.15) is 0 Å². The lowest BCUT2D eigenvalue weighted by molar-refractivity contribution is 0.0766.